The number of imidazole rings is 1. The number of hydrogen-bond acceptors (Lipinski definition) is 1. The number of aryl methyl sites for hydroxylation is 1. The van der Waals surface area contributed by atoms with Gasteiger partial charge in [-0.25, -0.2) is 4.98 Å². The number of fused-ring (bicyclic) bond motifs is 1. The first-order valence-electron chi connectivity index (χ1n) is 6.46. The molecule has 1 aromatic heterocycles. The normalized spacial score (nSPS) is 21.9. The van der Waals surface area contributed by atoms with Crippen LogP contribution >= 0.6 is 0 Å². The molecule has 82 valence electrons. The Bertz CT molecular complexity index is 334. The van der Waals surface area contributed by atoms with Crippen molar-refractivity contribution in [3.8, 4) is 0 Å². The van der Waals surface area contributed by atoms with Gasteiger partial charge in [-0.15, -0.1) is 0 Å². The summed E-state index contributed by atoms with van der Waals surface area (Å²) in [6, 6.07) is 0. The van der Waals surface area contributed by atoms with E-state index in [9.17, 15) is 0 Å². The summed E-state index contributed by atoms with van der Waals surface area (Å²) in [4.78, 5) is 4.56. The Labute approximate surface area is 91.7 Å². The van der Waals surface area contributed by atoms with Crippen LogP contribution in [0.3, 0.4) is 0 Å². The van der Waals surface area contributed by atoms with Crippen molar-refractivity contribution >= 4 is 0 Å². The Balaban J connectivity index is 1.76. The summed E-state index contributed by atoms with van der Waals surface area (Å²) < 4.78 is 2.45. The second-order valence-corrected chi connectivity index (χ2v) is 5.15. The van der Waals surface area contributed by atoms with Crippen molar-refractivity contribution in [2.75, 3.05) is 0 Å². The van der Waals surface area contributed by atoms with E-state index in [2.05, 4.69) is 15.9 Å². The Morgan fingerprint density at radius 1 is 1.13 bits per heavy atom. The highest BCUT2D eigenvalue weighted by Crippen LogP contribution is 2.28. The molecule has 0 unspecified atom stereocenters. The van der Waals surface area contributed by atoms with Crippen LogP contribution in [-0.4, -0.2) is 9.55 Å². The monoisotopic (exact) mass is 204 g/mol. The Hall–Kier alpha value is -0.790. The molecule has 0 spiro atoms. The zero-order valence-electron chi connectivity index (χ0n) is 9.41. The van der Waals surface area contributed by atoms with Crippen molar-refractivity contribution < 1.29 is 0 Å². The first-order valence-corrected chi connectivity index (χ1v) is 6.46. The standard InChI is InChI=1S/C13H20N2/c1-2-6-11(5-1)9-15-10-14-12-7-3-4-8-13(12)15/h10-11H,1-9H2. The minimum atomic E-state index is 0.935. The molecule has 0 atom stereocenters. The fourth-order valence-electron chi connectivity index (χ4n) is 3.16. The summed E-state index contributed by atoms with van der Waals surface area (Å²) in [6.07, 6.45) is 13.0. The third kappa shape index (κ3) is 1.82. The summed E-state index contributed by atoms with van der Waals surface area (Å²) in [7, 11) is 0. The maximum atomic E-state index is 4.56. The fraction of sp³-hybridized carbons (Fsp3) is 0.769. The van der Waals surface area contributed by atoms with Gasteiger partial charge < -0.3 is 4.57 Å². The predicted octanol–water partition coefficient (Wildman–Crippen LogP) is 2.95. The van der Waals surface area contributed by atoms with E-state index in [0.717, 1.165) is 5.92 Å². The fourth-order valence-corrected chi connectivity index (χ4v) is 3.16. The van der Waals surface area contributed by atoms with Crippen LogP contribution in [0.1, 0.15) is 49.9 Å². The van der Waals surface area contributed by atoms with Crippen molar-refractivity contribution in [2.45, 2.75) is 57.9 Å². The second kappa shape index (κ2) is 3.99. The maximum absolute atomic E-state index is 4.56. The summed E-state index contributed by atoms with van der Waals surface area (Å²) in [5.74, 6) is 0.935. The molecule has 3 rings (SSSR count). The number of aromatic nitrogens is 2. The Morgan fingerprint density at radius 3 is 2.80 bits per heavy atom. The lowest BCUT2D eigenvalue weighted by Gasteiger charge is -2.16. The number of rotatable bonds is 2. The van der Waals surface area contributed by atoms with E-state index in [1.165, 1.54) is 63.6 Å². The molecule has 15 heavy (non-hydrogen) atoms. The third-order valence-electron chi connectivity index (χ3n) is 4.04. The Kier molecular flexibility index (Phi) is 2.51. The molecular formula is C13H20N2. The molecule has 2 heteroatoms. The smallest absolute Gasteiger partial charge is 0.0951 e. The van der Waals surface area contributed by atoms with Crippen LogP contribution in [0.4, 0.5) is 0 Å². The lowest BCUT2D eigenvalue weighted by molar-refractivity contribution is 0.444. The van der Waals surface area contributed by atoms with Crippen molar-refractivity contribution in [2.24, 2.45) is 5.92 Å². The molecule has 1 fully saturated rings. The van der Waals surface area contributed by atoms with Crippen LogP contribution in [0.15, 0.2) is 6.33 Å². The summed E-state index contributed by atoms with van der Waals surface area (Å²) >= 11 is 0. The van der Waals surface area contributed by atoms with Gasteiger partial charge in [-0.05, 0) is 44.4 Å². The van der Waals surface area contributed by atoms with Crippen molar-refractivity contribution in [1.82, 2.24) is 9.55 Å². The molecule has 0 amide bonds. The molecule has 0 saturated heterocycles. The van der Waals surface area contributed by atoms with Crippen LogP contribution in [-0.2, 0) is 19.4 Å². The highest BCUT2D eigenvalue weighted by atomic mass is 15.1. The van der Waals surface area contributed by atoms with Gasteiger partial charge in [0.1, 0.15) is 0 Å². The Morgan fingerprint density at radius 2 is 1.93 bits per heavy atom. The van der Waals surface area contributed by atoms with Gasteiger partial charge in [-0.1, -0.05) is 12.8 Å². The second-order valence-electron chi connectivity index (χ2n) is 5.15. The molecular weight excluding hydrogens is 184 g/mol. The zero-order valence-corrected chi connectivity index (χ0v) is 9.41. The molecule has 0 bridgehead atoms. The molecule has 2 aliphatic rings. The van der Waals surface area contributed by atoms with E-state index in [-0.39, 0.29) is 0 Å². The molecule has 2 nitrogen and oxygen atoms in total. The van der Waals surface area contributed by atoms with E-state index in [1.54, 1.807) is 5.69 Å². The van der Waals surface area contributed by atoms with Gasteiger partial charge >= 0.3 is 0 Å². The van der Waals surface area contributed by atoms with Gasteiger partial charge in [0.2, 0.25) is 0 Å². The van der Waals surface area contributed by atoms with Gasteiger partial charge in [0, 0.05) is 12.2 Å². The minimum absolute atomic E-state index is 0.935. The van der Waals surface area contributed by atoms with Gasteiger partial charge in [-0.3, -0.25) is 0 Å². The first-order chi connectivity index (χ1) is 7.43. The molecule has 0 aliphatic heterocycles. The van der Waals surface area contributed by atoms with E-state index < -0.39 is 0 Å². The lowest BCUT2D eigenvalue weighted by Crippen LogP contribution is -2.12. The SMILES string of the molecule is c1nc2c(n1CC1CCCC1)CCCC2. The van der Waals surface area contributed by atoms with Crippen LogP contribution in [0, 0.1) is 5.92 Å². The average Bonchev–Trinajstić information content (AvgIpc) is 2.89. The number of hydrogen-bond donors (Lipinski definition) is 0. The minimum Gasteiger partial charge on any atom is -0.334 e. The lowest BCUT2D eigenvalue weighted by atomic mass is 10.0. The van der Waals surface area contributed by atoms with Crippen LogP contribution in [0.5, 0.6) is 0 Å². The largest absolute Gasteiger partial charge is 0.334 e. The molecule has 0 radical (unpaired) electrons. The quantitative estimate of drug-likeness (QED) is 0.724. The summed E-state index contributed by atoms with van der Waals surface area (Å²) in [5, 5.41) is 0. The molecule has 0 aromatic carbocycles. The molecule has 0 N–H and O–H groups in total. The first kappa shape index (κ1) is 9.44. The molecule has 1 heterocycles. The molecule has 1 aromatic rings. The van der Waals surface area contributed by atoms with Crippen molar-refractivity contribution in [3.63, 3.8) is 0 Å². The topological polar surface area (TPSA) is 17.8 Å². The number of nitrogens with zero attached hydrogens (tertiary/aromatic N) is 2. The van der Waals surface area contributed by atoms with E-state index >= 15 is 0 Å². The highest BCUT2D eigenvalue weighted by molar-refractivity contribution is 5.16. The van der Waals surface area contributed by atoms with Gasteiger partial charge in [0.15, 0.2) is 0 Å². The van der Waals surface area contributed by atoms with Crippen LogP contribution in [0.2, 0.25) is 0 Å². The summed E-state index contributed by atoms with van der Waals surface area (Å²) in [6.45, 7) is 1.24. The average molecular weight is 204 g/mol. The van der Waals surface area contributed by atoms with E-state index in [4.69, 9.17) is 0 Å². The molecule has 1 saturated carbocycles. The molecule has 2 aliphatic carbocycles. The predicted molar refractivity (Wildman–Crippen MR) is 60.8 cm³/mol. The van der Waals surface area contributed by atoms with E-state index in [1.807, 2.05) is 0 Å². The van der Waals surface area contributed by atoms with Crippen LogP contribution < -0.4 is 0 Å². The van der Waals surface area contributed by atoms with Gasteiger partial charge in [-0.2, -0.15) is 0 Å². The van der Waals surface area contributed by atoms with Crippen molar-refractivity contribution in [3.05, 3.63) is 17.7 Å². The maximum Gasteiger partial charge on any atom is 0.0951 e. The van der Waals surface area contributed by atoms with E-state index in [0.29, 0.717) is 0 Å². The van der Waals surface area contributed by atoms with Gasteiger partial charge in [0.05, 0.1) is 12.0 Å². The van der Waals surface area contributed by atoms with Crippen LogP contribution in [0.25, 0.3) is 0 Å². The zero-order chi connectivity index (χ0) is 10.1. The highest BCUT2D eigenvalue weighted by Gasteiger charge is 2.19. The van der Waals surface area contributed by atoms with Crippen molar-refractivity contribution in [1.29, 1.82) is 0 Å². The summed E-state index contributed by atoms with van der Waals surface area (Å²) in [5.41, 5.74) is 2.94. The van der Waals surface area contributed by atoms with Gasteiger partial charge in [0.25, 0.3) is 0 Å². The third-order valence-corrected chi connectivity index (χ3v) is 4.04.